The first-order valence-electron chi connectivity index (χ1n) is 8.74. The van der Waals surface area contributed by atoms with Crippen LogP contribution in [0.3, 0.4) is 0 Å². The highest BCUT2D eigenvalue weighted by atomic mass is 16.5. The Balaban J connectivity index is 1.57. The van der Waals surface area contributed by atoms with Crippen LogP contribution in [0.25, 0.3) is 0 Å². The molecule has 2 fully saturated rings. The van der Waals surface area contributed by atoms with Crippen LogP contribution in [0.15, 0.2) is 54.6 Å². The van der Waals surface area contributed by atoms with Crippen molar-refractivity contribution in [2.75, 3.05) is 0 Å². The zero-order valence-electron chi connectivity index (χ0n) is 13.2. The summed E-state index contributed by atoms with van der Waals surface area (Å²) < 4.78 is 6.54. The van der Waals surface area contributed by atoms with E-state index in [4.69, 9.17) is 4.74 Å². The predicted molar refractivity (Wildman–Crippen MR) is 89.8 cm³/mol. The summed E-state index contributed by atoms with van der Waals surface area (Å²) >= 11 is 0. The fourth-order valence-electron chi connectivity index (χ4n) is 4.58. The quantitative estimate of drug-likeness (QED) is 0.848. The molecule has 0 amide bonds. The smallest absolute Gasteiger partial charge is 0.176 e. The SMILES string of the molecule is c1ccc(C2CC3c4ccccc4OC4(CCCC4)N3N2)cc1. The molecule has 1 saturated heterocycles. The monoisotopic (exact) mass is 306 g/mol. The standard InChI is InChI=1S/C20H22N2O/c1-2-8-15(9-3-1)17-14-18-16-10-4-5-11-19(16)23-20(22(18)21-17)12-6-7-13-20/h1-5,8-11,17-18,21H,6-7,12-14H2. The predicted octanol–water partition coefficient (Wildman–Crippen LogP) is 4.34. The largest absolute Gasteiger partial charge is 0.471 e. The molecule has 0 aromatic heterocycles. The average Bonchev–Trinajstić information content (AvgIpc) is 3.24. The number of rotatable bonds is 1. The van der Waals surface area contributed by atoms with Crippen LogP contribution in [0.5, 0.6) is 5.75 Å². The number of nitrogens with zero attached hydrogens (tertiary/aromatic N) is 1. The van der Waals surface area contributed by atoms with Crippen molar-refractivity contribution in [2.45, 2.75) is 49.9 Å². The van der Waals surface area contributed by atoms with Crippen molar-refractivity contribution in [3.63, 3.8) is 0 Å². The number of benzene rings is 2. The summed E-state index contributed by atoms with van der Waals surface area (Å²) in [6.07, 6.45) is 5.84. The maximum absolute atomic E-state index is 6.54. The Labute approximate surface area is 137 Å². The van der Waals surface area contributed by atoms with Crippen molar-refractivity contribution < 1.29 is 4.74 Å². The van der Waals surface area contributed by atoms with E-state index in [1.54, 1.807) is 0 Å². The normalized spacial score (nSPS) is 28.3. The zero-order chi connectivity index (χ0) is 15.3. The molecule has 3 aliphatic rings. The summed E-state index contributed by atoms with van der Waals surface area (Å²) in [5.41, 5.74) is 6.34. The van der Waals surface area contributed by atoms with Crippen molar-refractivity contribution >= 4 is 0 Å². The molecule has 2 atom stereocenters. The Bertz CT molecular complexity index is 709. The molecule has 1 aliphatic carbocycles. The Kier molecular flexibility index (Phi) is 3.00. The number of hydrazine groups is 1. The van der Waals surface area contributed by atoms with Gasteiger partial charge in [-0.25, -0.2) is 5.43 Å². The molecular formula is C20H22N2O. The fraction of sp³-hybridized carbons (Fsp3) is 0.400. The molecule has 118 valence electrons. The topological polar surface area (TPSA) is 24.5 Å². The molecule has 1 spiro atoms. The lowest BCUT2D eigenvalue weighted by atomic mass is 9.94. The lowest BCUT2D eigenvalue weighted by molar-refractivity contribution is -0.133. The number of nitrogens with one attached hydrogen (secondary N) is 1. The van der Waals surface area contributed by atoms with Crippen LogP contribution in [0.2, 0.25) is 0 Å². The van der Waals surface area contributed by atoms with Crippen molar-refractivity contribution in [1.82, 2.24) is 10.4 Å². The van der Waals surface area contributed by atoms with Crippen molar-refractivity contribution in [2.24, 2.45) is 0 Å². The molecule has 0 bridgehead atoms. The third-order valence-corrected chi connectivity index (χ3v) is 5.67. The molecule has 3 heteroatoms. The first kappa shape index (κ1) is 13.6. The van der Waals surface area contributed by atoms with Crippen molar-refractivity contribution in [3.8, 4) is 5.75 Å². The van der Waals surface area contributed by atoms with Crippen LogP contribution >= 0.6 is 0 Å². The highest BCUT2D eigenvalue weighted by molar-refractivity contribution is 5.40. The third kappa shape index (κ3) is 2.03. The number of fused-ring (bicyclic) bond motifs is 4. The van der Waals surface area contributed by atoms with Gasteiger partial charge in [-0.15, -0.1) is 0 Å². The lowest BCUT2D eigenvalue weighted by Crippen LogP contribution is -2.57. The van der Waals surface area contributed by atoms with Gasteiger partial charge in [0, 0.05) is 24.4 Å². The van der Waals surface area contributed by atoms with Crippen LogP contribution in [0.4, 0.5) is 0 Å². The van der Waals surface area contributed by atoms with Gasteiger partial charge in [0.2, 0.25) is 0 Å². The second-order valence-electron chi connectivity index (χ2n) is 7.01. The molecular weight excluding hydrogens is 284 g/mol. The van der Waals surface area contributed by atoms with Gasteiger partial charge >= 0.3 is 0 Å². The molecule has 23 heavy (non-hydrogen) atoms. The minimum atomic E-state index is -0.150. The van der Waals surface area contributed by atoms with Crippen molar-refractivity contribution in [3.05, 3.63) is 65.7 Å². The Morgan fingerprint density at radius 2 is 1.70 bits per heavy atom. The van der Waals surface area contributed by atoms with E-state index < -0.39 is 0 Å². The Hall–Kier alpha value is -1.84. The van der Waals surface area contributed by atoms with E-state index in [0.717, 1.165) is 25.0 Å². The van der Waals surface area contributed by atoms with Gasteiger partial charge in [0.1, 0.15) is 5.75 Å². The summed E-state index contributed by atoms with van der Waals surface area (Å²) in [6.45, 7) is 0. The summed E-state index contributed by atoms with van der Waals surface area (Å²) in [5.74, 6) is 1.09. The number of para-hydroxylation sites is 1. The second kappa shape index (κ2) is 5.08. The van der Waals surface area contributed by atoms with Gasteiger partial charge in [-0.05, 0) is 30.9 Å². The summed E-state index contributed by atoms with van der Waals surface area (Å²) in [4.78, 5) is 0. The second-order valence-corrected chi connectivity index (χ2v) is 7.01. The molecule has 3 nitrogen and oxygen atoms in total. The van der Waals surface area contributed by atoms with Crippen LogP contribution in [-0.2, 0) is 0 Å². The van der Waals surface area contributed by atoms with Gasteiger partial charge < -0.3 is 4.74 Å². The van der Waals surface area contributed by atoms with Gasteiger partial charge in [0.05, 0.1) is 6.04 Å². The highest BCUT2D eigenvalue weighted by Crippen LogP contribution is 2.52. The van der Waals surface area contributed by atoms with E-state index in [9.17, 15) is 0 Å². The first-order valence-corrected chi connectivity index (χ1v) is 8.74. The van der Waals surface area contributed by atoms with Gasteiger partial charge in [-0.3, -0.25) is 0 Å². The van der Waals surface area contributed by atoms with Crippen molar-refractivity contribution in [1.29, 1.82) is 0 Å². The van der Waals surface area contributed by atoms with Gasteiger partial charge in [-0.2, -0.15) is 5.01 Å². The maximum atomic E-state index is 6.54. The number of hydrogen-bond acceptors (Lipinski definition) is 3. The molecule has 5 rings (SSSR count). The summed E-state index contributed by atoms with van der Waals surface area (Å²) in [7, 11) is 0. The molecule has 0 radical (unpaired) electrons. The summed E-state index contributed by atoms with van der Waals surface area (Å²) in [5, 5.41) is 2.44. The average molecular weight is 306 g/mol. The lowest BCUT2D eigenvalue weighted by Gasteiger charge is -2.46. The van der Waals surface area contributed by atoms with E-state index in [2.05, 4.69) is 65.0 Å². The Morgan fingerprint density at radius 3 is 2.52 bits per heavy atom. The summed E-state index contributed by atoms with van der Waals surface area (Å²) in [6, 6.07) is 20.2. The van der Waals surface area contributed by atoms with Crippen LogP contribution in [0.1, 0.15) is 55.3 Å². The van der Waals surface area contributed by atoms with Crippen LogP contribution in [-0.4, -0.2) is 10.7 Å². The number of ether oxygens (including phenoxy) is 1. The zero-order valence-corrected chi connectivity index (χ0v) is 13.2. The van der Waals surface area contributed by atoms with Gasteiger partial charge in [0.15, 0.2) is 5.72 Å². The minimum absolute atomic E-state index is 0.150. The molecule has 1 saturated carbocycles. The highest BCUT2D eigenvalue weighted by Gasteiger charge is 2.53. The molecule has 2 aromatic carbocycles. The van der Waals surface area contributed by atoms with E-state index >= 15 is 0 Å². The maximum Gasteiger partial charge on any atom is 0.176 e. The van der Waals surface area contributed by atoms with E-state index in [0.29, 0.717) is 12.1 Å². The molecule has 1 N–H and O–H groups in total. The third-order valence-electron chi connectivity index (χ3n) is 5.67. The molecule has 2 unspecified atom stereocenters. The first-order chi connectivity index (χ1) is 11.4. The van der Waals surface area contributed by atoms with Gasteiger partial charge in [-0.1, -0.05) is 48.5 Å². The van der Waals surface area contributed by atoms with E-state index in [1.165, 1.54) is 24.0 Å². The van der Waals surface area contributed by atoms with E-state index in [1.807, 2.05) is 0 Å². The van der Waals surface area contributed by atoms with Crippen LogP contribution < -0.4 is 10.2 Å². The van der Waals surface area contributed by atoms with Crippen LogP contribution in [0, 0.1) is 0 Å². The molecule has 2 heterocycles. The molecule has 2 aromatic rings. The fourth-order valence-corrected chi connectivity index (χ4v) is 4.58. The number of hydrogen-bond donors (Lipinski definition) is 1. The molecule has 2 aliphatic heterocycles. The Morgan fingerprint density at radius 1 is 0.957 bits per heavy atom. The van der Waals surface area contributed by atoms with Gasteiger partial charge in [0.25, 0.3) is 0 Å². The minimum Gasteiger partial charge on any atom is -0.471 e. The van der Waals surface area contributed by atoms with E-state index in [-0.39, 0.29) is 5.72 Å².